The van der Waals surface area contributed by atoms with Gasteiger partial charge in [0.25, 0.3) is 0 Å². The number of aryl methyl sites for hydroxylation is 1. The molecule has 1 saturated heterocycles. The van der Waals surface area contributed by atoms with Crippen molar-refractivity contribution in [2.75, 3.05) is 13.1 Å². The SMILES string of the molecule is Cn1c(CN2CCC(c3ccccc3)CC2)nc2ccc(Cl)cc21. The predicted molar refractivity (Wildman–Crippen MR) is 99.4 cm³/mol. The fourth-order valence-electron chi connectivity index (χ4n) is 3.70. The maximum atomic E-state index is 6.11. The molecular weight excluding hydrogens is 318 g/mol. The van der Waals surface area contributed by atoms with Crippen molar-refractivity contribution < 1.29 is 0 Å². The standard InChI is InChI=1S/C20H22ClN3/c1-23-19-13-17(21)7-8-18(19)22-20(23)14-24-11-9-16(10-12-24)15-5-3-2-4-6-15/h2-8,13,16H,9-12,14H2,1H3. The first-order valence-corrected chi connectivity index (χ1v) is 8.96. The van der Waals surface area contributed by atoms with Gasteiger partial charge < -0.3 is 4.57 Å². The molecule has 4 heteroatoms. The average molecular weight is 340 g/mol. The summed E-state index contributed by atoms with van der Waals surface area (Å²) >= 11 is 6.11. The predicted octanol–water partition coefficient (Wildman–Crippen LogP) is 4.61. The fourth-order valence-corrected chi connectivity index (χ4v) is 3.87. The summed E-state index contributed by atoms with van der Waals surface area (Å²) in [4.78, 5) is 7.30. The number of rotatable bonds is 3. The number of piperidine rings is 1. The van der Waals surface area contributed by atoms with Crippen LogP contribution >= 0.6 is 11.6 Å². The zero-order valence-electron chi connectivity index (χ0n) is 14.0. The molecule has 24 heavy (non-hydrogen) atoms. The van der Waals surface area contributed by atoms with Crippen molar-refractivity contribution in [2.45, 2.75) is 25.3 Å². The van der Waals surface area contributed by atoms with Crippen molar-refractivity contribution in [2.24, 2.45) is 7.05 Å². The Morgan fingerprint density at radius 3 is 2.58 bits per heavy atom. The smallest absolute Gasteiger partial charge is 0.123 e. The summed E-state index contributed by atoms with van der Waals surface area (Å²) in [7, 11) is 2.08. The highest BCUT2D eigenvalue weighted by atomic mass is 35.5. The van der Waals surface area contributed by atoms with Crippen molar-refractivity contribution in [3.8, 4) is 0 Å². The van der Waals surface area contributed by atoms with Gasteiger partial charge in [0.1, 0.15) is 5.82 Å². The van der Waals surface area contributed by atoms with Crippen molar-refractivity contribution in [1.82, 2.24) is 14.5 Å². The second-order valence-corrected chi connectivity index (χ2v) is 7.12. The molecule has 1 aliphatic rings. The molecule has 0 N–H and O–H groups in total. The number of aromatic nitrogens is 2. The van der Waals surface area contributed by atoms with Crippen LogP contribution in [0.5, 0.6) is 0 Å². The zero-order valence-corrected chi connectivity index (χ0v) is 14.7. The number of halogens is 1. The molecule has 0 atom stereocenters. The Kier molecular flexibility index (Phi) is 4.30. The molecule has 1 aliphatic heterocycles. The molecule has 0 radical (unpaired) electrons. The monoisotopic (exact) mass is 339 g/mol. The van der Waals surface area contributed by atoms with Crippen LogP contribution in [-0.2, 0) is 13.6 Å². The molecule has 0 amide bonds. The van der Waals surface area contributed by atoms with Gasteiger partial charge in [-0.3, -0.25) is 4.90 Å². The quantitative estimate of drug-likeness (QED) is 0.695. The Morgan fingerprint density at radius 2 is 1.83 bits per heavy atom. The van der Waals surface area contributed by atoms with E-state index in [0.717, 1.165) is 41.5 Å². The Labute approximate surface area is 147 Å². The van der Waals surface area contributed by atoms with Crippen LogP contribution in [-0.4, -0.2) is 27.5 Å². The van der Waals surface area contributed by atoms with Gasteiger partial charge in [-0.05, 0) is 55.6 Å². The summed E-state index contributed by atoms with van der Waals surface area (Å²) in [6.45, 7) is 3.16. The summed E-state index contributed by atoms with van der Waals surface area (Å²) in [6.07, 6.45) is 2.44. The first kappa shape index (κ1) is 15.7. The first-order chi connectivity index (χ1) is 11.7. The zero-order chi connectivity index (χ0) is 16.5. The lowest BCUT2D eigenvalue weighted by Crippen LogP contribution is -2.33. The number of nitrogens with zero attached hydrogens (tertiary/aromatic N) is 3. The highest BCUT2D eigenvalue weighted by Gasteiger charge is 2.21. The van der Waals surface area contributed by atoms with Crippen LogP contribution in [0.25, 0.3) is 11.0 Å². The van der Waals surface area contributed by atoms with E-state index in [2.05, 4.69) is 46.8 Å². The number of fused-ring (bicyclic) bond motifs is 1. The molecule has 2 aromatic carbocycles. The van der Waals surface area contributed by atoms with Crippen LogP contribution in [0.2, 0.25) is 5.02 Å². The van der Waals surface area contributed by atoms with Gasteiger partial charge in [0.2, 0.25) is 0 Å². The topological polar surface area (TPSA) is 21.1 Å². The molecule has 3 nitrogen and oxygen atoms in total. The Balaban J connectivity index is 1.45. The third-order valence-corrected chi connectivity index (χ3v) is 5.39. The maximum absolute atomic E-state index is 6.11. The van der Waals surface area contributed by atoms with Gasteiger partial charge in [-0.2, -0.15) is 0 Å². The molecule has 0 aliphatic carbocycles. The minimum Gasteiger partial charge on any atom is -0.330 e. The van der Waals surface area contributed by atoms with Crippen molar-refractivity contribution in [3.63, 3.8) is 0 Å². The first-order valence-electron chi connectivity index (χ1n) is 8.59. The molecule has 0 saturated carbocycles. The van der Waals surface area contributed by atoms with Crippen molar-refractivity contribution in [1.29, 1.82) is 0 Å². The highest BCUT2D eigenvalue weighted by Crippen LogP contribution is 2.28. The van der Waals surface area contributed by atoms with E-state index in [1.165, 1.54) is 18.4 Å². The average Bonchev–Trinajstić information content (AvgIpc) is 2.92. The lowest BCUT2D eigenvalue weighted by atomic mass is 9.89. The third-order valence-electron chi connectivity index (χ3n) is 5.16. The van der Waals surface area contributed by atoms with Crippen LogP contribution < -0.4 is 0 Å². The van der Waals surface area contributed by atoms with E-state index in [1.807, 2.05) is 18.2 Å². The van der Waals surface area contributed by atoms with Crippen LogP contribution in [0.4, 0.5) is 0 Å². The van der Waals surface area contributed by atoms with Gasteiger partial charge in [0.05, 0.1) is 17.6 Å². The van der Waals surface area contributed by atoms with E-state index in [1.54, 1.807) is 0 Å². The van der Waals surface area contributed by atoms with Gasteiger partial charge in [-0.1, -0.05) is 41.9 Å². The Hall–Kier alpha value is -1.84. The minimum atomic E-state index is 0.696. The number of hydrogen-bond acceptors (Lipinski definition) is 2. The Morgan fingerprint density at radius 1 is 1.08 bits per heavy atom. The second kappa shape index (κ2) is 6.58. The van der Waals surface area contributed by atoms with Gasteiger partial charge >= 0.3 is 0 Å². The molecule has 4 rings (SSSR count). The van der Waals surface area contributed by atoms with Gasteiger partial charge in [0.15, 0.2) is 0 Å². The van der Waals surface area contributed by atoms with Crippen molar-refractivity contribution in [3.05, 3.63) is 64.9 Å². The number of hydrogen-bond donors (Lipinski definition) is 0. The number of likely N-dealkylation sites (tertiary alicyclic amines) is 1. The van der Waals surface area contributed by atoms with Gasteiger partial charge in [-0.25, -0.2) is 4.98 Å². The fraction of sp³-hybridized carbons (Fsp3) is 0.350. The summed E-state index contributed by atoms with van der Waals surface area (Å²) in [5.74, 6) is 1.81. The van der Waals surface area contributed by atoms with Gasteiger partial charge in [0, 0.05) is 12.1 Å². The lowest BCUT2D eigenvalue weighted by molar-refractivity contribution is 0.199. The molecule has 1 fully saturated rings. The van der Waals surface area contributed by atoms with Gasteiger partial charge in [-0.15, -0.1) is 0 Å². The van der Waals surface area contributed by atoms with E-state index >= 15 is 0 Å². The minimum absolute atomic E-state index is 0.696. The molecule has 0 unspecified atom stereocenters. The number of benzene rings is 2. The van der Waals surface area contributed by atoms with E-state index < -0.39 is 0 Å². The molecule has 3 aromatic rings. The number of imidazole rings is 1. The van der Waals surface area contributed by atoms with Crippen LogP contribution in [0.1, 0.15) is 30.1 Å². The van der Waals surface area contributed by atoms with E-state index in [0.29, 0.717) is 5.92 Å². The summed E-state index contributed by atoms with van der Waals surface area (Å²) in [6, 6.07) is 16.8. The Bertz CT molecular complexity index is 833. The van der Waals surface area contributed by atoms with Crippen molar-refractivity contribution >= 4 is 22.6 Å². The van der Waals surface area contributed by atoms with Crippen LogP contribution in [0.15, 0.2) is 48.5 Å². The summed E-state index contributed by atoms with van der Waals surface area (Å²) in [5, 5.41) is 0.765. The maximum Gasteiger partial charge on any atom is 0.123 e. The molecule has 2 heterocycles. The van der Waals surface area contributed by atoms with Crippen LogP contribution in [0, 0.1) is 0 Å². The van der Waals surface area contributed by atoms with E-state index in [4.69, 9.17) is 16.6 Å². The molecule has 0 bridgehead atoms. The van der Waals surface area contributed by atoms with E-state index in [-0.39, 0.29) is 0 Å². The lowest BCUT2D eigenvalue weighted by Gasteiger charge is -2.31. The molecule has 0 spiro atoms. The highest BCUT2D eigenvalue weighted by molar-refractivity contribution is 6.31. The summed E-state index contributed by atoms with van der Waals surface area (Å²) in [5.41, 5.74) is 3.61. The van der Waals surface area contributed by atoms with E-state index in [9.17, 15) is 0 Å². The third kappa shape index (κ3) is 3.06. The normalized spacial score (nSPS) is 16.8. The summed E-state index contributed by atoms with van der Waals surface area (Å²) < 4.78 is 2.17. The van der Waals surface area contributed by atoms with Crippen LogP contribution in [0.3, 0.4) is 0 Å². The second-order valence-electron chi connectivity index (χ2n) is 6.68. The largest absolute Gasteiger partial charge is 0.330 e. The molecular formula is C20H22ClN3. The molecule has 1 aromatic heterocycles. The molecule has 124 valence electrons.